The van der Waals surface area contributed by atoms with Gasteiger partial charge in [0.1, 0.15) is 17.2 Å². The van der Waals surface area contributed by atoms with Crippen LogP contribution in [0.5, 0.6) is 17.2 Å². The number of ketones is 1. The highest BCUT2D eigenvalue weighted by Gasteiger charge is 2.26. The maximum Gasteiger partial charge on any atom is 0.251 e. The van der Waals surface area contributed by atoms with Crippen molar-refractivity contribution in [3.8, 4) is 17.2 Å². The minimum atomic E-state index is -0.300. The van der Waals surface area contributed by atoms with Crippen LogP contribution in [0.25, 0.3) is 0 Å². The number of aromatic hydroxyl groups is 2. The van der Waals surface area contributed by atoms with Gasteiger partial charge in [-0.25, -0.2) is 0 Å². The Morgan fingerprint density at radius 1 is 1.00 bits per heavy atom. The van der Waals surface area contributed by atoms with Crippen LogP contribution in [-0.4, -0.2) is 54.2 Å². The second-order valence-electron chi connectivity index (χ2n) is 8.73. The maximum absolute atomic E-state index is 12.9. The molecule has 4 rings (SSSR count). The molecule has 0 bridgehead atoms. The number of hydrogen-bond donors (Lipinski definition) is 4. The summed E-state index contributed by atoms with van der Waals surface area (Å²) < 4.78 is 11.4. The predicted octanol–water partition coefficient (Wildman–Crippen LogP) is 3.83. The molecule has 1 aliphatic rings. The fraction of sp³-hybridized carbons (Fsp3) is 0.286. The summed E-state index contributed by atoms with van der Waals surface area (Å²) in [4.78, 5) is 25.6. The van der Waals surface area contributed by atoms with Crippen molar-refractivity contribution in [2.75, 3.05) is 20.2 Å². The average molecular weight is 527 g/mol. The van der Waals surface area contributed by atoms with Gasteiger partial charge in [0.15, 0.2) is 5.78 Å². The van der Waals surface area contributed by atoms with E-state index in [0.29, 0.717) is 30.0 Å². The Bertz CT molecular complexity index is 1200. The Kier molecular flexibility index (Phi) is 9.91. The van der Waals surface area contributed by atoms with E-state index in [0.717, 1.165) is 24.9 Å². The maximum atomic E-state index is 12.9. The first-order valence-electron chi connectivity index (χ1n) is 11.9. The van der Waals surface area contributed by atoms with E-state index in [1.54, 1.807) is 30.3 Å². The first-order chi connectivity index (χ1) is 17.4. The largest absolute Gasteiger partial charge is 0.508 e. The Balaban J connectivity index is 0.00000380. The minimum Gasteiger partial charge on any atom is -0.508 e. The van der Waals surface area contributed by atoms with Gasteiger partial charge in [0, 0.05) is 17.7 Å². The Hall–Kier alpha value is -3.59. The lowest BCUT2D eigenvalue weighted by atomic mass is 10.0. The highest BCUT2D eigenvalue weighted by Crippen LogP contribution is 2.26. The molecule has 0 radical (unpaired) electrons. The summed E-state index contributed by atoms with van der Waals surface area (Å²) in [6, 6.07) is 17.5. The first kappa shape index (κ1) is 28.0. The molecule has 0 aliphatic carbocycles. The van der Waals surface area contributed by atoms with Crippen LogP contribution in [0, 0.1) is 0 Å². The summed E-state index contributed by atoms with van der Waals surface area (Å²) in [7, 11) is 1.50. The van der Waals surface area contributed by atoms with Crippen molar-refractivity contribution >= 4 is 24.1 Å². The van der Waals surface area contributed by atoms with Crippen LogP contribution in [0.1, 0.15) is 44.7 Å². The second kappa shape index (κ2) is 13.1. The molecule has 0 aromatic heterocycles. The van der Waals surface area contributed by atoms with Crippen LogP contribution in [0.15, 0.2) is 66.7 Å². The highest BCUT2D eigenvalue weighted by molar-refractivity contribution is 6.10. The van der Waals surface area contributed by atoms with Gasteiger partial charge in [0.2, 0.25) is 0 Å². The summed E-state index contributed by atoms with van der Waals surface area (Å²) in [6.45, 7) is 1.76. The third kappa shape index (κ3) is 7.22. The molecular weight excluding hydrogens is 496 g/mol. The molecule has 8 nitrogen and oxygen atoms in total. The van der Waals surface area contributed by atoms with Crippen molar-refractivity contribution in [2.45, 2.75) is 31.6 Å². The molecule has 0 saturated carbocycles. The number of benzene rings is 3. The van der Waals surface area contributed by atoms with Crippen LogP contribution >= 0.6 is 12.4 Å². The molecule has 1 amide bonds. The van der Waals surface area contributed by atoms with E-state index in [4.69, 9.17) is 9.47 Å². The number of amides is 1. The Labute approximate surface area is 222 Å². The molecule has 1 fully saturated rings. The van der Waals surface area contributed by atoms with Gasteiger partial charge >= 0.3 is 0 Å². The van der Waals surface area contributed by atoms with E-state index < -0.39 is 0 Å². The van der Waals surface area contributed by atoms with E-state index in [1.165, 1.54) is 31.4 Å². The summed E-state index contributed by atoms with van der Waals surface area (Å²) in [5.41, 5.74) is 1.98. The number of rotatable bonds is 8. The lowest BCUT2D eigenvalue weighted by Gasteiger charge is -2.26. The quantitative estimate of drug-likeness (QED) is 0.330. The van der Waals surface area contributed by atoms with Crippen molar-refractivity contribution in [2.24, 2.45) is 0 Å². The van der Waals surface area contributed by atoms with Gasteiger partial charge < -0.3 is 30.3 Å². The number of phenolic OH excluding ortho intramolecular Hbond substituents is 2. The van der Waals surface area contributed by atoms with Gasteiger partial charge in [0.25, 0.3) is 5.91 Å². The van der Waals surface area contributed by atoms with Gasteiger partial charge in [-0.15, -0.1) is 12.4 Å². The molecule has 3 aromatic carbocycles. The fourth-order valence-electron chi connectivity index (χ4n) is 4.16. The third-order valence-corrected chi connectivity index (χ3v) is 6.23. The van der Waals surface area contributed by atoms with Gasteiger partial charge in [0.05, 0.1) is 31.4 Å². The second-order valence-corrected chi connectivity index (χ2v) is 8.73. The average Bonchev–Trinajstić information content (AvgIpc) is 3.13. The summed E-state index contributed by atoms with van der Waals surface area (Å²) in [6.07, 6.45) is 1.53. The zero-order valence-corrected chi connectivity index (χ0v) is 21.3. The molecule has 3 aromatic rings. The summed E-state index contributed by atoms with van der Waals surface area (Å²) in [5.74, 6) is -0.0229. The fourth-order valence-corrected chi connectivity index (χ4v) is 4.16. The minimum absolute atomic E-state index is 0. The number of carbonyl (C=O) groups excluding carboxylic acids is 2. The summed E-state index contributed by atoms with van der Waals surface area (Å²) in [5, 5.41) is 25.9. The molecule has 1 saturated heterocycles. The third-order valence-electron chi connectivity index (χ3n) is 6.23. The van der Waals surface area contributed by atoms with E-state index in [9.17, 15) is 19.8 Å². The zero-order valence-electron chi connectivity index (χ0n) is 20.5. The predicted molar refractivity (Wildman–Crippen MR) is 142 cm³/mol. The molecule has 37 heavy (non-hydrogen) atoms. The molecule has 0 spiro atoms. The van der Waals surface area contributed by atoms with Crippen LogP contribution in [0.2, 0.25) is 0 Å². The zero-order chi connectivity index (χ0) is 25.5. The topological polar surface area (TPSA) is 117 Å². The number of ether oxygens (including phenoxy) is 2. The van der Waals surface area contributed by atoms with Crippen molar-refractivity contribution < 1.29 is 29.3 Å². The molecule has 1 heterocycles. The van der Waals surface area contributed by atoms with Gasteiger partial charge in [-0.2, -0.15) is 0 Å². The SMILES string of the molecule is COc1ccc(O)c(C(=O)c2ccc(CO[C@@H]3CCCNC[C@H]3NC(=O)c3ccc(O)cc3)cc2)c1.Cl. The number of hydrogen-bond acceptors (Lipinski definition) is 7. The van der Waals surface area contributed by atoms with Crippen LogP contribution in [0.3, 0.4) is 0 Å². The normalized spacial score (nSPS) is 17.2. The molecular formula is C28H31ClN2O6. The molecule has 1 aliphatic heterocycles. The molecule has 0 unspecified atom stereocenters. The van der Waals surface area contributed by atoms with E-state index >= 15 is 0 Å². The number of methoxy groups -OCH3 is 1. The summed E-state index contributed by atoms with van der Waals surface area (Å²) >= 11 is 0. The van der Waals surface area contributed by atoms with Crippen LogP contribution < -0.4 is 15.4 Å². The first-order valence-corrected chi connectivity index (χ1v) is 11.9. The smallest absolute Gasteiger partial charge is 0.251 e. The Morgan fingerprint density at radius 3 is 2.41 bits per heavy atom. The van der Waals surface area contributed by atoms with E-state index in [2.05, 4.69) is 10.6 Å². The molecule has 4 N–H and O–H groups in total. The molecule has 2 atom stereocenters. The number of nitrogens with one attached hydrogen (secondary N) is 2. The van der Waals surface area contributed by atoms with E-state index in [1.807, 2.05) is 12.1 Å². The number of phenols is 2. The highest BCUT2D eigenvalue weighted by atomic mass is 35.5. The van der Waals surface area contributed by atoms with Gasteiger partial charge in [-0.1, -0.05) is 24.3 Å². The van der Waals surface area contributed by atoms with Crippen molar-refractivity contribution in [1.29, 1.82) is 0 Å². The van der Waals surface area contributed by atoms with Gasteiger partial charge in [-0.3, -0.25) is 9.59 Å². The standard InChI is InChI=1S/C28H30N2O6.ClH/c1-35-22-12-13-25(32)23(15-22)27(33)19-6-4-18(5-7-19)17-36-26-3-2-14-29-16-24(26)30-28(34)20-8-10-21(31)11-9-20;/h4-13,15,24,26,29,31-32H,2-3,14,16-17H2,1H3,(H,30,34);1H/t24-,26-;/m1./s1. The van der Waals surface area contributed by atoms with Crippen molar-refractivity contribution in [1.82, 2.24) is 10.6 Å². The van der Waals surface area contributed by atoms with Crippen LogP contribution in [-0.2, 0) is 11.3 Å². The van der Waals surface area contributed by atoms with Gasteiger partial charge in [-0.05, 0) is 67.4 Å². The lowest BCUT2D eigenvalue weighted by Crippen LogP contribution is -2.48. The lowest BCUT2D eigenvalue weighted by molar-refractivity contribution is 0.0135. The number of halogens is 1. The van der Waals surface area contributed by atoms with E-state index in [-0.39, 0.29) is 53.3 Å². The number of carbonyl (C=O) groups is 2. The van der Waals surface area contributed by atoms with Crippen LogP contribution in [0.4, 0.5) is 0 Å². The molecule has 196 valence electrons. The monoisotopic (exact) mass is 526 g/mol. The Morgan fingerprint density at radius 2 is 1.70 bits per heavy atom. The van der Waals surface area contributed by atoms with Crippen molar-refractivity contribution in [3.63, 3.8) is 0 Å². The molecule has 9 heteroatoms. The van der Waals surface area contributed by atoms with Crippen molar-refractivity contribution in [3.05, 3.63) is 89.0 Å².